The van der Waals surface area contributed by atoms with Crippen molar-refractivity contribution in [2.45, 2.75) is 26.6 Å². The lowest BCUT2D eigenvalue weighted by Crippen LogP contribution is -2.22. The summed E-state index contributed by atoms with van der Waals surface area (Å²) in [6.45, 7) is 7.09. The maximum absolute atomic E-state index is 12.5. The second-order valence-electron chi connectivity index (χ2n) is 2.53. The van der Waals surface area contributed by atoms with Gasteiger partial charge in [-0.3, -0.25) is 0 Å². The number of esters is 1. The minimum atomic E-state index is -1.91. The average molecular weight is 146 g/mol. The summed E-state index contributed by atoms with van der Waals surface area (Å²) in [5.74, 6) is -2.61. The molecule has 0 unspecified atom stereocenters. The van der Waals surface area contributed by atoms with Crippen LogP contribution in [0.4, 0.5) is 4.39 Å². The van der Waals surface area contributed by atoms with Crippen molar-refractivity contribution in [3.05, 3.63) is 12.2 Å². The highest BCUT2D eigenvalue weighted by Crippen LogP contribution is 2.11. The maximum atomic E-state index is 12.5. The fourth-order valence-corrected chi connectivity index (χ4v) is 0.308. The van der Waals surface area contributed by atoms with Crippen molar-refractivity contribution in [2.75, 3.05) is 0 Å². The van der Waals surface area contributed by atoms with E-state index in [0.29, 0.717) is 0 Å². The van der Waals surface area contributed by atoms with E-state index in [1.165, 1.54) is 6.92 Å². The summed E-state index contributed by atoms with van der Waals surface area (Å²) < 4.78 is 16.8. The first-order valence-corrected chi connectivity index (χ1v) is 2.90. The van der Waals surface area contributed by atoms with Crippen LogP contribution in [-0.2, 0) is 9.53 Å². The van der Waals surface area contributed by atoms with Gasteiger partial charge in [0, 0.05) is 19.4 Å². The molecule has 0 radical (unpaired) electrons. The van der Waals surface area contributed by atoms with Crippen molar-refractivity contribution >= 4 is 5.97 Å². The Hall–Kier alpha value is -0.860. The molecule has 0 amide bonds. The largest absolute Gasteiger partial charge is 0.426 e. The van der Waals surface area contributed by atoms with E-state index >= 15 is 0 Å². The molecule has 0 aliphatic rings. The van der Waals surface area contributed by atoms with Gasteiger partial charge in [-0.05, 0) is 6.92 Å². The summed E-state index contributed by atoms with van der Waals surface area (Å²) in [4.78, 5) is 10.6. The van der Waals surface area contributed by atoms with Crippen LogP contribution in [0.3, 0.4) is 0 Å². The molecular weight excluding hydrogens is 135 g/mol. The van der Waals surface area contributed by atoms with Gasteiger partial charge in [-0.1, -0.05) is 6.58 Å². The Morgan fingerprint density at radius 3 is 2.10 bits per heavy atom. The Morgan fingerprint density at radius 1 is 1.60 bits per heavy atom. The maximum Gasteiger partial charge on any atom is 0.335 e. The van der Waals surface area contributed by atoms with E-state index in [4.69, 9.17) is 0 Å². The lowest BCUT2D eigenvalue weighted by Gasteiger charge is -2.14. The lowest BCUT2D eigenvalue weighted by molar-refractivity contribution is -0.168. The predicted octanol–water partition coefficient (Wildman–Crippen LogP) is 1.81. The Bertz CT molecular complexity index is 155. The standard InChI is InChI=1S/C7H11FO2/c1-5(2)6(9)10-7(3,4)8/h1H2,2-4H3. The molecule has 0 heterocycles. The molecule has 0 bridgehead atoms. The molecule has 0 rings (SSSR count). The van der Waals surface area contributed by atoms with Crippen molar-refractivity contribution in [1.82, 2.24) is 0 Å². The van der Waals surface area contributed by atoms with E-state index in [9.17, 15) is 9.18 Å². The number of hydrogen-bond acceptors (Lipinski definition) is 2. The molecule has 0 aromatic heterocycles. The van der Waals surface area contributed by atoms with Crippen LogP contribution in [-0.4, -0.2) is 11.8 Å². The highest BCUT2D eigenvalue weighted by atomic mass is 19.2. The van der Waals surface area contributed by atoms with E-state index < -0.39 is 11.8 Å². The molecule has 2 nitrogen and oxygen atoms in total. The molecule has 0 saturated heterocycles. The SMILES string of the molecule is C=C(C)C(=O)OC(C)(C)F. The summed E-state index contributed by atoms with van der Waals surface area (Å²) in [5, 5.41) is 0. The van der Waals surface area contributed by atoms with Gasteiger partial charge < -0.3 is 4.74 Å². The molecule has 0 aromatic carbocycles. The Kier molecular flexibility index (Phi) is 2.57. The first-order chi connectivity index (χ1) is 4.33. The monoisotopic (exact) mass is 146 g/mol. The molecule has 0 fully saturated rings. The van der Waals surface area contributed by atoms with E-state index in [1.54, 1.807) is 0 Å². The lowest BCUT2D eigenvalue weighted by atomic mass is 10.3. The van der Waals surface area contributed by atoms with Gasteiger partial charge in [0.05, 0.1) is 0 Å². The van der Waals surface area contributed by atoms with Crippen LogP contribution in [0.15, 0.2) is 12.2 Å². The van der Waals surface area contributed by atoms with Crippen molar-refractivity contribution in [2.24, 2.45) is 0 Å². The summed E-state index contributed by atoms with van der Waals surface area (Å²) >= 11 is 0. The number of carbonyl (C=O) groups is 1. The topological polar surface area (TPSA) is 26.3 Å². The highest BCUT2D eigenvalue weighted by molar-refractivity contribution is 5.87. The normalized spacial score (nSPS) is 10.8. The van der Waals surface area contributed by atoms with Gasteiger partial charge in [0.1, 0.15) is 0 Å². The fourth-order valence-electron chi connectivity index (χ4n) is 0.308. The molecule has 0 atom stereocenters. The zero-order valence-corrected chi connectivity index (χ0v) is 6.40. The second kappa shape index (κ2) is 2.82. The molecule has 0 N–H and O–H groups in total. The van der Waals surface area contributed by atoms with Gasteiger partial charge in [-0.25, -0.2) is 4.79 Å². The van der Waals surface area contributed by atoms with Crippen LogP contribution < -0.4 is 0 Å². The number of hydrogen-bond donors (Lipinski definition) is 0. The third-order valence-corrected chi connectivity index (χ3v) is 0.684. The summed E-state index contributed by atoms with van der Waals surface area (Å²) in [6, 6.07) is 0. The molecule has 3 heteroatoms. The van der Waals surface area contributed by atoms with E-state index in [2.05, 4.69) is 11.3 Å². The van der Waals surface area contributed by atoms with Crippen molar-refractivity contribution < 1.29 is 13.9 Å². The minimum absolute atomic E-state index is 0.200. The van der Waals surface area contributed by atoms with Gasteiger partial charge in [0.25, 0.3) is 0 Å². The quantitative estimate of drug-likeness (QED) is 0.438. The third-order valence-electron chi connectivity index (χ3n) is 0.684. The minimum Gasteiger partial charge on any atom is -0.426 e. The van der Waals surface area contributed by atoms with Gasteiger partial charge in [-0.15, -0.1) is 0 Å². The van der Waals surface area contributed by atoms with E-state index in [-0.39, 0.29) is 5.57 Å². The molecule has 58 valence electrons. The van der Waals surface area contributed by atoms with Crippen molar-refractivity contribution in [1.29, 1.82) is 0 Å². The molecular formula is C7H11FO2. The van der Waals surface area contributed by atoms with Crippen LogP contribution in [0.25, 0.3) is 0 Å². The van der Waals surface area contributed by atoms with Crippen molar-refractivity contribution in [3.8, 4) is 0 Å². The van der Waals surface area contributed by atoms with Crippen LogP contribution in [0, 0.1) is 0 Å². The Balaban J connectivity index is 3.93. The van der Waals surface area contributed by atoms with Crippen molar-refractivity contribution in [3.63, 3.8) is 0 Å². The highest BCUT2D eigenvalue weighted by Gasteiger charge is 2.20. The second-order valence-corrected chi connectivity index (χ2v) is 2.53. The zero-order chi connectivity index (χ0) is 8.36. The Labute approximate surface area is 59.7 Å². The molecule has 10 heavy (non-hydrogen) atoms. The van der Waals surface area contributed by atoms with E-state index in [0.717, 1.165) is 13.8 Å². The predicted molar refractivity (Wildman–Crippen MR) is 36.1 cm³/mol. The summed E-state index contributed by atoms with van der Waals surface area (Å²) in [5.41, 5.74) is 0.200. The number of rotatable bonds is 2. The molecule has 0 saturated carbocycles. The zero-order valence-electron chi connectivity index (χ0n) is 6.40. The van der Waals surface area contributed by atoms with Gasteiger partial charge >= 0.3 is 5.97 Å². The van der Waals surface area contributed by atoms with Gasteiger partial charge in [0.2, 0.25) is 5.85 Å². The third kappa shape index (κ3) is 4.06. The summed E-state index contributed by atoms with van der Waals surface area (Å²) in [6.07, 6.45) is 0. The number of ether oxygens (including phenoxy) is 1. The van der Waals surface area contributed by atoms with E-state index in [1.807, 2.05) is 0 Å². The first kappa shape index (κ1) is 9.14. The smallest absolute Gasteiger partial charge is 0.335 e. The fraction of sp³-hybridized carbons (Fsp3) is 0.571. The van der Waals surface area contributed by atoms with Gasteiger partial charge in [0.15, 0.2) is 0 Å². The van der Waals surface area contributed by atoms with Crippen LogP contribution in [0.1, 0.15) is 20.8 Å². The van der Waals surface area contributed by atoms with Crippen LogP contribution in [0.5, 0.6) is 0 Å². The molecule has 0 aliphatic heterocycles. The van der Waals surface area contributed by atoms with Crippen LogP contribution in [0.2, 0.25) is 0 Å². The summed E-state index contributed by atoms with van der Waals surface area (Å²) in [7, 11) is 0. The number of halogens is 1. The first-order valence-electron chi connectivity index (χ1n) is 2.90. The molecule has 0 spiro atoms. The van der Waals surface area contributed by atoms with Gasteiger partial charge in [-0.2, -0.15) is 4.39 Å². The number of alkyl halides is 1. The van der Waals surface area contributed by atoms with Crippen LogP contribution >= 0.6 is 0 Å². The Morgan fingerprint density at radius 2 is 2.00 bits per heavy atom. The number of carbonyl (C=O) groups excluding carboxylic acids is 1. The molecule has 0 aliphatic carbocycles. The molecule has 0 aromatic rings. The average Bonchev–Trinajstić information content (AvgIpc) is 1.60.